The van der Waals surface area contributed by atoms with Gasteiger partial charge in [-0.05, 0) is 31.9 Å². The third-order valence-corrected chi connectivity index (χ3v) is 2.85. The zero-order chi connectivity index (χ0) is 15.1. The summed E-state index contributed by atoms with van der Waals surface area (Å²) >= 11 is 0. The maximum atomic E-state index is 12.3. The van der Waals surface area contributed by atoms with Crippen LogP contribution in [0, 0.1) is 26.2 Å². The molecule has 0 heterocycles. The number of guanidine groups is 1. The molecule has 0 aliphatic heterocycles. The molecule has 0 aliphatic rings. The third-order valence-electron chi connectivity index (χ3n) is 2.85. The number of anilines is 1. The van der Waals surface area contributed by atoms with E-state index in [2.05, 4.69) is 16.2 Å². The Labute approximate surface area is 119 Å². The minimum atomic E-state index is -0.317. The highest BCUT2D eigenvalue weighted by atomic mass is 16.2. The fourth-order valence-electron chi connectivity index (χ4n) is 1.98. The van der Waals surface area contributed by atoms with Crippen LogP contribution in [-0.2, 0) is 0 Å². The van der Waals surface area contributed by atoms with Crippen molar-refractivity contribution in [3.05, 3.63) is 29.3 Å². The van der Waals surface area contributed by atoms with Gasteiger partial charge in [-0.15, -0.1) is 6.42 Å². The Hall–Kier alpha value is -2.48. The van der Waals surface area contributed by atoms with Gasteiger partial charge in [-0.2, -0.15) is 0 Å². The van der Waals surface area contributed by atoms with Crippen LogP contribution in [0.15, 0.2) is 23.2 Å². The van der Waals surface area contributed by atoms with E-state index >= 15 is 0 Å². The normalized spacial score (nSPS) is 10.8. The molecule has 0 saturated heterocycles. The van der Waals surface area contributed by atoms with E-state index in [1.807, 2.05) is 39.0 Å². The smallest absolute Gasteiger partial charge is 0.328 e. The van der Waals surface area contributed by atoms with Crippen molar-refractivity contribution in [3.63, 3.8) is 0 Å². The van der Waals surface area contributed by atoms with Gasteiger partial charge in [0.15, 0.2) is 5.96 Å². The van der Waals surface area contributed by atoms with E-state index < -0.39 is 0 Å². The van der Waals surface area contributed by atoms with E-state index in [9.17, 15) is 4.79 Å². The average molecular weight is 272 g/mol. The molecule has 2 amide bonds. The molecule has 0 unspecified atom stereocenters. The Morgan fingerprint density at radius 2 is 2.05 bits per heavy atom. The van der Waals surface area contributed by atoms with Gasteiger partial charge in [0.25, 0.3) is 0 Å². The van der Waals surface area contributed by atoms with Gasteiger partial charge in [-0.3, -0.25) is 10.2 Å². The van der Waals surface area contributed by atoms with Crippen LogP contribution in [-0.4, -0.2) is 25.1 Å². The SMILES string of the molecule is C#CCN=C(N)NC(=O)N(CC)c1c(C)cccc1C. The molecule has 1 aromatic rings. The largest absolute Gasteiger partial charge is 0.370 e. The van der Waals surface area contributed by atoms with Crippen LogP contribution >= 0.6 is 0 Å². The molecule has 106 valence electrons. The minimum absolute atomic E-state index is 0.0256. The number of carbonyl (C=O) groups excluding carboxylic acids is 1. The number of hydrogen-bond donors (Lipinski definition) is 2. The van der Waals surface area contributed by atoms with Crippen molar-refractivity contribution in [3.8, 4) is 12.3 Å². The second kappa shape index (κ2) is 7.19. The standard InChI is InChI=1S/C15H20N4O/c1-5-10-17-14(16)18-15(20)19(6-2)13-11(3)8-7-9-12(13)4/h1,7-9H,6,10H2,2-4H3,(H3,16,17,18,20). The topological polar surface area (TPSA) is 70.7 Å². The first kappa shape index (κ1) is 15.6. The van der Waals surface area contributed by atoms with E-state index in [0.29, 0.717) is 6.54 Å². The highest BCUT2D eigenvalue weighted by molar-refractivity contribution is 6.03. The van der Waals surface area contributed by atoms with Crippen LogP contribution < -0.4 is 16.0 Å². The molecular weight excluding hydrogens is 252 g/mol. The van der Waals surface area contributed by atoms with Gasteiger partial charge < -0.3 is 5.73 Å². The fourth-order valence-corrected chi connectivity index (χ4v) is 1.98. The molecule has 1 rings (SSSR count). The summed E-state index contributed by atoms with van der Waals surface area (Å²) in [6, 6.07) is 5.58. The lowest BCUT2D eigenvalue weighted by atomic mass is 10.1. The van der Waals surface area contributed by atoms with Crippen LogP contribution in [0.1, 0.15) is 18.1 Å². The molecule has 0 spiro atoms. The Bertz CT molecular complexity index is 537. The average Bonchev–Trinajstić information content (AvgIpc) is 2.40. The number of urea groups is 1. The van der Waals surface area contributed by atoms with Crippen molar-refractivity contribution in [2.75, 3.05) is 18.0 Å². The first-order valence-electron chi connectivity index (χ1n) is 6.39. The van der Waals surface area contributed by atoms with Crippen molar-refractivity contribution in [2.45, 2.75) is 20.8 Å². The van der Waals surface area contributed by atoms with Gasteiger partial charge in [-0.1, -0.05) is 24.1 Å². The molecule has 0 atom stereocenters. The Balaban J connectivity index is 2.97. The summed E-state index contributed by atoms with van der Waals surface area (Å²) in [6.07, 6.45) is 5.09. The van der Waals surface area contributed by atoms with Crippen molar-refractivity contribution in [1.82, 2.24) is 5.32 Å². The van der Waals surface area contributed by atoms with E-state index in [-0.39, 0.29) is 18.5 Å². The number of terminal acetylenes is 1. The predicted octanol–water partition coefficient (Wildman–Crippen LogP) is 1.79. The van der Waals surface area contributed by atoms with Crippen LogP contribution in [0.5, 0.6) is 0 Å². The molecule has 0 bridgehead atoms. The van der Waals surface area contributed by atoms with Crippen molar-refractivity contribution in [2.24, 2.45) is 10.7 Å². The van der Waals surface area contributed by atoms with E-state index in [1.54, 1.807) is 4.90 Å². The molecule has 0 aromatic heterocycles. The number of aliphatic imine (C=N–C) groups is 1. The van der Waals surface area contributed by atoms with Crippen molar-refractivity contribution >= 4 is 17.7 Å². The fraction of sp³-hybridized carbons (Fsp3) is 0.333. The highest BCUT2D eigenvalue weighted by Crippen LogP contribution is 2.24. The Morgan fingerprint density at radius 1 is 1.45 bits per heavy atom. The van der Waals surface area contributed by atoms with Crippen LogP contribution in [0.2, 0.25) is 0 Å². The molecule has 3 N–H and O–H groups in total. The summed E-state index contributed by atoms with van der Waals surface area (Å²) in [5.74, 6) is 2.36. The van der Waals surface area contributed by atoms with E-state index in [1.165, 1.54) is 0 Å². The summed E-state index contributed by atoms with van der Waals surface area (Å²) in [6.45, 7) is 6.50. The minimum Gasteiger partial charge on any atom is -0.370 e. The number of aryl methyl sites for hydroxylation is 2. The summed E-state index contributed by atoms with van der Waals surface area (Å²) < 4.78 is 0. The Morgan fingerprint density at radius 3 is 2.55 bits per heavy atom. The van der Waals surface area contributed by atoms with Crippen molar-refractivity contribution < 1.29 is 4.79 Å². The number of nitrogens with two attached hydrogens (primary N) is 1. The number of nitrogens with one attached hydrogen (secondary N) is 1. The lowest BCUT2D eigenvalue weighted by Crippen LogP contribution is -2.46. The molecule has 0 saturated carbocycles. The number of carbonyl (C=O) groups is 1. The van der Waals surface area contributed by atoms with Gasteiger partial charge in [0, 0.05) is 6.54 Å². The molecule has 0 aliphatic carbocycles. The third kappa shape index (κ3) is 3.75. The molecule has 20 heavy (non-hydrogen) atoms. The van der Waals surface area contributed by atoms with Crippen LogP contribution in [0.3, 0.4) is 0 Å². The van der Waals surface area contributed by atoms with E-state index in [4.69, 9.17) is 12.2 Å². The summed E-state index contributed by atoms with van der Waals surface area (Å²) in [4.78, 5) is 17.7. The maximum Gasteiger partial charge on any atom is 0.328 e. The second-order valence-corrected chi connectivity index (χ2v) is 4.32. The van der Waals surface area contributed by atoms with Gasteiger partial charge in [0.2, 0.25) is 0 Å². The Kier molecular flexibility index (Phi) is 5.60. The zero-order valence-corrected chi connectivity index (χ0v) is 12.1. The summed E-state index contributed by atoms with van der Waals surface area (Å²) in [5.41, 5.74) is 8.55. The summed E-state index contributed by atoms with van der Waals surface area (Å²) in [7, 11) is 0. The first-order valence-corrected chi connectivity index (χ1v) is 6.39. The number of amides is 2. The number of hydrogen-bond acceptors (Lipinski definition) is 2. The lowest BCUT2D eigenvalue weighted by Gasteiger charge is -2.24. The van der Waals surface area contributed by atoms with Gasteiger partial charge in [0.1, 0.15) is 6.54 Å². The number of nitrogens with zero attached hydrogens (tertiary/aromatic N) is 2. The zero-order valence-electron chi connectivity index (χ0n) is 12.1. The molecule has 1 aromatic carbocycles. The van der Waals surface area contributed by atoms with Gasteiger partial charge in [-0.25, -0.2) is 9.79 Å². The van der Waals surface area contributed by atoms with Crippen molar-refractivity contribution in [1.29, 1.82) is 0 Å². The predicted molar refractivity (Wildman–Crippen MR) is 82.8 cm³/mol. The quantitative estimate of drug-likeness (QED) is 0.500. The molecular formula is C15H20N4O. The number of benzene rings is 1. The number of para-hydroxylation sites is 1. The monoisotopic (exact) mass is 272 g/mol. The summed E-state index contributed by atoms with van der Waals surface area (Å²) in [5, 5.41) is 2.54. The highest BCUT2D eigenvalue weighted by Gasteiger charge is 2.18. The molecule has 5 nitrogen and oxygen atoms in total. The molecule has 0 fully saturated rings. The second-order valence-electron chi connectivity index (χ2n) is 4.32. The van der Waals surface area contributed by atoms with E-state index in [0.717, 1.165) is 16.8 Å². The maximum absolute atomic E-state index is 12.3. The van der Waals surface area contributed by atoms with Crippen LogP contribution in [0.25, 0.3) is 0 Å². The first-order chi connectivity index (χ1) is 9.51. The van der Waals surface area contributed by atoms with Gasteiger partial charge in [0.05, 0.1) is 5.69 Å². The molecule has 5 heteroatoms. The van der Waals surface area contributed by atoms with Gasteiger partial charge >= 0.3 is 6.03 Å². The lowest BCUT2D eigenvalue weighted by molar-refractivity contribution is 0.250. The number of rotatable bonds is 3. The van der Waals surface area contributed by atoms with Crippen LogP contribution in [0.4, 0.5) is 10.5 Å². The molecule has 0 radical (unpaired) electrons.